The zero-order valence-electron chi connectivity index (χ0n) is 19.3. The van der Waals surface area contributed by atoms with Crippen molar-refractivity contribution in [3.8, 4) is 11.5 Å². The molecule has 1 fully saturated rings. The molecule has 5 rings (SSSR count). The lowest BCUT2D eigenvalue weighted by molar-refractivity contribution is -0.384. The fourth-order valence-electron chi connectivity index (χ4n) is 3.95. The fourth-order valence-corrected chi connectivity index (χ4v) is 4.43. The molecule has 37 heavy (non-hydrogen) atoms. The third-order valence-electron chi connectivity index (χ3n) is 5.75. The van der Waals surface area contributed by atoms with Gasteiger partial charge in [-0.3, -0.25) is 20.2 Å². The minimum Gasteiger partial charge on any atom is -0.436 e. The van der Waals surface area contributed by atoms with Gasteiger partial charge in [0.25, 0.3) is 11.6 Å². The standard InChI is InChI=1S/C25H20BrN5O5S/c26-16-3-1-15(2-4-16)24-28-20-13-17(5-8-22(20)36-24)27-25(37)29-23(32)19-14-18(31(33)34)6-7-21(19)30-9-11-35-12-10-30/h1-8,13-14H,9-12H2,(H2,27,29,32,37). The summed E-state index contributed by atoms with van der Waals surface area (Å²) in [7, 11) is 0. The molecule has 2 N–H and O–H groups in total. The average Bonchev–Trinajstić information content (AvgIpc) is 3.32. The second-order valence-corrected chi connectivity index (χ2v) is 9.50. The van der Waals surface area contributed by atoms with Gasteiger partial charge >= 0.3 is 0 Å². The molecule has 0 saturated carbocycles. The molecule has 4 aromatic rings. The lowest BCUT2D eigenvalue weighted by atomic mass is 10.1. The van der Waals surface area contributed by atoms with Gasteiger partial charge in [-0.2, -0.15) is 0 Å². The molecule has 2 heterocycles. The van der Waals surface area contributed by atoms with Crippen molar-refractivity contribution >= 4 is 67.3 Å². The number of rotatable bonds is 5. The molecule has 1 aliphatic heterocycles. The highest BCUT2D eigenvalue weighted by molar-refractivity contribution is 9.10. The normalized spacial score (nSPS) is 13.4. The summed E-state index contributed by atoms with van der Waals surface area (Å²) in [6.07, 6.45) is 0. The molecule has 1 aliphatic rings. The first kappa shape index (κ1) is 24.8. The van der Waals surface area contributed by atoms with Gasteiger partial charge in [-0.1, -0.05) is 15.9 Å². The molecular weight excluding hydrogens is 562 g/mol. The molecule has 10 nitrogen and oxygen atoms in total. The predicted octanol–water partition coefficient (Wildman–Crippen LogP) is 5.13. The molecule has 0 aliphatic carbocycles. The van der Waals surface area contributed by atoms with Gasteiger partial charge in [-0.15, -0.1) is 0 Å². The Morgan fingerprint density at radius 2 is 1.84 bits per heavy atom. The summed E-state index contributed by atoms with van der Waals surface area (Å²) in [6, 6.07) is 17.1. The van der Waals surface area contributed by atoms with E-state index in [0.29, 0.717) is 54.7 Å². The van der Waals surface area contributed by atoms with Crippen molar-refractivity contribution in [1.82, 2.24) is 10.3 Å². The van der Waals surface area contributed by atoms with Crippen LogP contribution in [0.4, 0.5) is 17.1 Å². The Morgan fingerprint density at radius 3 is 2.57 bits per heavy atom. The van der Waals surface area contributed by atoms with Crippen LogP contribution in [0.25, 0.3) is 22.6 Å². The van der Waals surface area contributed by atoms with Gasteiger partial charge in [-0.05, 0) is 60.7 Å². The topological polar surface area (TPSA) is 123 Å². The second kappa shape index (κ2) is 10.6. The Morgan fingerprint density at radius 1 is 1.08 bits per heavy atom. The molecule has 0 atom stereocenters. The number of carbonyl (C=O) groups excluding carboxylic acids is 1. The first-order valence-corrected chi connectivity index (χ1v) is 12.5. The lowest BCUT2D eigenvalue weighted by Gasteiger charge is -2.30. The lowest BCUT2D eigenvalue weighted by Crippen LogP contribution is -2.39. The van der Waals surface area contributed by atoms with Gasteiger partial charge in [0.2, 0.25) is 5.89 Å². The van der Waals surface area contributed by atoms with Gasteiger partial charge in [0.1, 0.15) is 5.52 Å². The molecule has 0 bridgehead atoms. The number of non-ortho nitro benzene ring substituents is 1. The summed E-state index contributed by atoms with van der Waals surface area (Å²) in [5.41, 5.74) is 3.21. The van der Waals surface area contributed by atoms with E-state index in [1.165, 1.54) is 12.1 Å². The van der Waals surface area contributed by atoms with E-state index in [4.69, 9.17) is 21.4 Å². The minimum atomic E-state index is -0.553. The first-order chi connectivity index (χ1) is 17.9. The van der Waals surface area contributed by atoms with E-state index in [1.54, 1.807) is 24.3 Å². The van der Waals surface area contributed by atoms with Crippen LogP contribution < -0.4 is 15.5 Å². The number of fused-ring (bicyclic) bond motifs is 1. The summed E-state index contributed by atoms with van der Waals surface area (Å²) in [5.74, 6) is -0.0698. The zero-order chi connectivity index (χ0) is 25.9. The Balaban J connectivity index is 1.33. The van der Waals surface area contributed by atoms with Crippen molar-refractivity contribution in [2.24, 2.45) is 0 Å². The van der Waals surface area contributed by atoms with Crippen molar-refractivity contribution in [1.29, 1.82) is 0 Å². The number of halogens is 1. The summed E-state index contributed by atoms with van der Waals surface area (Å²) in [5, 5.41) is 17.0. The minimum absolute atomic E-state index is 0.0420. The van der Waals surface area contributed by atoms with E-state index in [0.717, 1.165) is 10.0 Å². The number of carbonyl (C=O) groups is 1. The molecular formula is C25H20BrN5O5S. The maximum Gasteiger partial charge on any atom is 0.270 e. The molecule has 3 aromatic carbocycles. The quantitative estimate of drug-likeness (QED) is 0.187. The smallest absolute Gasteiger partial charge is 0.270 e. The Labute approximate surface area is 224 Å². The monoisotopic (exact) mass is 581 g/mol. The SMILES string of the molecule is O=C(NC(=S)Nc1ccc2oc(-c3ccc(Br)cc3)nc2c1)c1cc([N+](=O)[O-])ccc1N1CCOCC1. The summed E-state index contributed by atoms with van der Waals surface area (Å²) < 4.78 is 12.2. The maximum atomic E-state index is 13.1. The van der Waals surface area contributed by atoms with Crippen LogP contribution in [0, 0.1) is 10.1 Å². The van der Waals surface area contributed by atoms with Crippen LogP contribution in [-0.2, 0) is 4.74 Å². The van der Waals surface area contributed by atoms with Crippen molar-refractivity contribution in [3.05, 3.63) is 80.8 Å². The molecule has 0 radical (unpaired) electrons. The number of benzene rings is 3. The molecule has 0 spiro atoms. The van der Waals surface area contributed by atoms with E-state index in [9.17, 15) is 14.9 Å². The summed E-state index contributed by atoms with van der Waals surface area (Å²) in [6.45, 7) is 2.15. The maximum absolute atomic E-state index is 13.1. The Hall–Kier alpha value is -3.87. The molecule has 1 aromatic heterocycles. The number of aromatic nitrogens is 1. The van der Waals surface area contributed by atoms with Crippen molar-refractivity contribution in [2.45, 2.75) is 0 Å². The van der Waals surface area contributed by atoms with Crippen LogP contribution in [0.2, 0.25) is 0 Å². The average molecular weight is 582 g/mol. The third-order valence-corrected chi connectivity index (χ3v) is 6.48. The number of hydrogen-bond donors (Lipinski definition) is 2. The van der Waals surface area contributed by atoms with Crippen molar-refractivity contribution < 1.29 is 18.9 Å². The number of anilines is 2. The van der Waals surface area contributed by atoms with Crippen LogP contribution >= 0.6 is 28.1 Å². The van der Waals surface area contributed by atoms with Crippen molar-refractivity contribution in [2.75, 3.05) is 36.5 Å². The second-order valence-electron chi connectivity index (χ2n) is 8.17. The fraction of sp³-hybridized carbons (Fsp3) is 0.160. The van der Waals surface area contributed by atoms with Gasteiger partial charge in [-0.25, -0.2) is 4.98 Å². The number of oxazole rings is 1. The number of nitro benzene ring substituents is 1. The van der Waals surface area contributed by atoms with Crippen LogP contribution in [0.3, 0.4) is 0 Å². The molecule has 1 amide bonds. The van der Waals surface area contributed by atoms with E-state index in [1.807, 2.05) is 29.2 Å². The highest BCUT2D eigenvalue weighted by atomic mass is 79.9. The van der Waals surface area contributed by atoms with Crippen LogP contribution in [-0.4, -0.2) is 47.2 Å². The highest BCUT2D eigenvalue weighted by Gasteiger charge is 2.23. The number of nitro groups is 1. The van der Waals surface area contributed by atoms with Gasteiger partial charge in [0.15, 0.2) is 10.7 Å². The predicted molar refractivity (Wildman–Crippen MR) is 147 cm³/mol. The number of thiocarbonyl (C=S) groups is 1. The molecule has 1 saturated heterocycles. The zero-order valence-corrected chi connectivity index (χ0v) is 21.7. The third kappa shape index (κ3) is 5.61. The number of nitrogens with one attached hydrogen (secondary N) is 2. The summed E-state index contributed by atoms with van der Waals surface area (Å²) >= 11 is 8.77. The van der Waals surface area contributed by atoms with Gasteiger partial charge in [0.05, 0.1) is 29.4 Å². The number of hydrogen-bond acceptors (Lipinski definition) is 8. The summed E-state index contributed by atoms with van der Waals surface area (Å²) in [4.78, 5) is 30.4. The highest BCUT2D eigenvalue weighted by Crippen LogP contribution is 2.28. The molecule has 0 unspecified atom stereocenters. The van der Waals surface area contributed by atoms with E-state index in [-0.39, 0.29) is 16.4 Å². The van der Waals surface area contributed by atoms with E-state index in [2.05, 4.69) is 31.5 Å². The van der Waals surface area contributed by atoms with E-state index >= 15 is 0 Å². The van der Waals surface area contributed by atoms with Crippen LogP contribution in [0.15, 0.2) is 69.6 Å². The number of amides is 1. The first-order valence-electron chi connectivity index (χ1n) is 11.3. The molecule has 188 valence electrons. The van der Waals surface area contributed by atoms with Gasteiger partial charge < -0.3 is 19.4 Å². The molecule has 12 heteroatoms. The Bertz CT molecular complexity index is 1500. The number of morpholine rings is 1. The van der Waals surface area contributed by atoms with E-state index < -0.39 is 10.8 Å². The van der Waals surface area contributed by atoms with Gasteiger partial charge in [0, 0.05) is 40.9 Å². The number of nitrogens with zero attached hydrogens (tertiary/aromatic N) is 3. The number of ether oxygens (including phenoxy) is 1. The van der Waals surface area contributed by atoms with Crippen molar-refractivity contribution in [3.63, 3.8) is 0 Å². The van der Waals surface area contributed by atoms with Crippen LogP contribution in [0.1, 0.15) is 10.4 Å². The Kier molecular flexibility index (Phi) is 7.12. The largest absolute Gasteiger partial charge is 0.436 e. The van der Waals surface area contributed by atoms with Crippen LogP contribution in [0.5, 0.6) is 0 Å².